The van der Waals surface area contributed by atoms with Crippen LogP contribution in [0.1, 0.15) is 5.56 Å². The van der Waals surface area contributed by atoms with Gasteiger partial charge in [0.2, 0.25) is 0 Å². The van der Waals surface area contributed by atoms with Crippen LogP contribution in [0, 0.1) is 6.42 Å². The predicted octanol–water partition coefficient (Wildman–Crippen LogP) is 2.04. The Bertz CT molecular complexity index is 227. The first-order valence-corrected chi connectivity index (χ1v) is 4.05. The Labute approximate surface area is 74.7 Å². The lowest BCUT2D eigenvalue weighted by Crippen LogP contribution is -1.91. The zero-order valence-corrected chi connectivity index (χ0v) is 7.84. The summed E-state index contributed by atoms with van der Waals surface area (Å²) in [7, 11) is 1.67. The van der Waals surface area contributed by atoms with E-state index in [1.54, 1.807) is 19.5 Å². The van der Waals surface area contributed by atoms with Gasteiger partial charge in [-0.1, -0.05) is 0 Å². The maximum absolute atomic E-state index is 4.89. The maximum Gasteiger partial charge on any atom is 0.0538 e. The predicted molar refractivity (Wildman–Crippen MR) is 47.2 cm³/mol. The van der Waals surface area contributed by atoms with Crippen molar-refractivity contribution in [2.75, 3.05) is 13.7 Å². The van der Waals surface area contributed by atoms with Crippen LogP contribution in [0.5, 0.6) is 0 Å². The largest absolute Gasteiger partial charge is 0.384 e. The summed E-state index contributed by atoms with van der Waals surface area (Å²) in [5.41, 5.74) is 1.07. The molecule has 0 aliphatic heterocycles. The number of aromatic nitrogens is 1. The number of methoxy groups -OCH3 is 1. The SMILES string of the molecule is COC[CH]c1cncc(Br)c1. The van der Waals surface area contributed by atoms with E-state index in [2.05, 4.69) is 20.9 Å². The quantitative estimate of drug-likeness (QED) is 0.769. The zero-order chi connectivity index (χ0) is 8.10. The number of rotatable bonds is 3. The van der Waals surface area contributed by atoms with Crippen molar-refractivity contribution in [2.24, 2.45) is 0 Å². The third kappa shape index (κ3) is 2.99. The van der Waals surface area contributed by atoms with E-state index in [9.17, 15) is 0 Å². The van der Waals surface area contributed by atoms with Crippen LogP contribution in [0.3, 0.4) is 0 Å². The van der Waals surface area contributed by atoms with E-state index in [0.717, 1.165) is 10.0 Å². The normalized spacial score (nSPS) is 10.0. The van der Waals surface area contributed by atoms with Gasteiger partial charge in [0.25, 0.3) is 0 Å². The fraction of sp³-hybridized carbons (Fsp3) is 0.250. The van der Waals surface area contributed by atoms with Gasteiger partial charge in [0.1, 0.15) is 0 Å². The number of ether oxygens (including phenoxy) is 1. The van der Waals surface area contributed by atoms with Crippen LogP contribution in [0.4, 0.5) is 0 Å². The van der Waals surface area contributed by atoms with E-state index in [-0.39, 0.29) is 0 Å². The van der Waals surface area contributed by atoms with Crippen molar-refractivity contribution in [3.8, 4) is 0 Å². The lowest BCUT2D eigenvalue weighted by molar-refractivity contribution is 0.225. The highest BCUT2D eigenvalue weighted by Crippen LogP contribution is 2.10. The van der Waals surface area contributed by atoms with Crippen LogP contribution in [0.15, 0.2) is 22.9 Å². The van der Waals surface area contributed by atoms with Gasteiger partial charge < -0.3 is 4.74 Å². The molecule has 0 aromatic carbocycles. The van der Waals surface area contributed by atoms with Crippen molar-refractivity contribution in [3.05, 3.63) is 34.9 Å². The Morgan fingerprint density at radius 1 is 1.64 bits per heavy atom. The lowest BCUT2D eigenvalue weighted by atomic mass is 10.2. The van der Waals surface area contributed by atoms with Gasteiger partial charge in [0.05, 0.1) is 6.61 Å². The summed E-state index contributed by atoms with van der Waals surface area (Å²) in [5.74, 6) is 0. The standard InChI is InChI=1S/C8H9BrNO/c1-11-3-2-7-4-8(9)6-10-5-7/h2,4-6H,3H2,1H3. The summed E-state index contributed by atoms with van der Waals surface area (Å²) in [6.07, 6.45) is 5.52. The number of hydrogen-bond donors (Lipinski definition) is 0. The van der Waals surface area contributed by atoms with Crippen LogP contribution in [0.2, 0.25) is 0 Å². The fourth-order valence-electron chi connectivity index (χ4n) is 0.719. The summed E-state index contributed by atoms with van der Waals surface area (Å²) in [4.78, 5) is 4.00. The van der Waals surface area contributed by atoms with Crippen molar-refractivity contribution in [2.45, 2.75) is 0 Å². The van der Waals surface area contributed by atoms with E-state index < -0.39 is 0 Å². The number of hydrogen-bond acceptors (Lipinski definition) is 2. The molecule has 0 spiro atoms. The highest BCUT2D eigenvalue weighted by Gasteiger charge is 1.93. The Balaban J connectivity index is 2.56. The molecule has 0 saturated carbocycles. The molecule has 11 heavy (non-hydrogen) atoms. The van der Waals surface area contributed by atoms with Crippen LogP contribution in [-0.4, -0.2) is 18.7 Å². The number of nitrogens with zero attached hydrogens (tertiary/aromatic N) is 1. The lowest BCUT2D eigenvalue weighted by Gasteiger charge is -1.98. The topological polar surface area (TPSA) is 22.1 Å². The summed E-state index contributed by atoms with van der Waals surface area (Å²) in [6.45, 7) is 0.623. The van der Waals surface area contributed by atoms with Crippen LogP contribution in [0.25, 0.3) is 0 Å². The highest BCUT2D eigenvalue weighted by molar-refractivity contribution is 9.10. The smallest absolute Gasteiger partial charge is 0.0538 e. The first-order chi connectivity index (χ1) is 5.33. The van der Waals surface area contributed by atoms with E-state index >= 15 is 0 Å². The Morgan fingerprint density at radius 3 is 3.09 bits per heavy atom. The third-order valence-corrected chi connectivity index (χ3v) is 1.65. The number of halogens is 1. The molecule has 1 aromatic heterocycles. The van der Waals surface area contributed by atoms with E-state index in [4.69, 9.17) is 4.74 Å². The van der Waals surface area contributed by atoms with Crippen LogP contribution >= 0.6 is 15.9 Å². The molecular weight excluding hydrogens is 206 g/mol. The molecule has 1 rings (SSSR count). The molecule has 0 fully saturated rings. The van der Waals surface area contributed by atoms with Gasteiger partial charge in [-0.25, -0.2) is 0 Å². The summed E-state index contributed by atoms with van der Waals surface area (Å²) < 4.78 is 5.88. The van der Waals surface area contributed by atoms with Crippen molar-refractivity contribution in [1.82, 2.24) is 4.98 Å². The minimum atomic E-state index is 0.623. The van der Waals surface area contributed by atoms with Crippen molar-refractivity contribution in [1.29, 1.82) is 0 Å². The molecule has 0 bridgehead atoms. The zero-order valence-electron chi connectivity index (χ0n) is 6.25. The monoisotopic (exact) mass is 214 g/mol. The molecule has 1 aromatic rings. The molecule has 0 unspecified atom stereocenters. The summed E-state index contributed by atoms with van der Waals surface area (Å²) in [5, 5.41) is 0. The third-order valence-electron chi connectivity index (χ3n) is 1.21. The van der Waals surface area contributed by atoms with Crippen LogP contribution < -0.4 is 0 Å². The molecule has 0 amide bonds. The molecule has 1 radical (unpaired) electrons. The van der Waals surface area contributed by atoms with Crippen molar-refractivity contribution in [3.63, 3.8) is 0 Å². The molecule has 2 nitrogen and oxygen atoms in total. The molecular formula is C8H9BrNO. The van der Waals surface area contributed by atoms with Gasteiger partial charge in [-0.3, -0.25) is 4.98 Å². The minimum Gasteiger partial charge on any atom is -0.384 e. The average molecular weight is 215 g/mol. The minimum absolute atomic E-state index is 0.623. The first kappa shape index (κ1) is 8.68. The Hall–Kier alpha value is -0.410. The van der Waals surface area contributed by atoms with Crippen LogP contribution in [-0.2, 0) is 4.74 Å². The van der Waals surface area contributed by atoms with Crippen molar-refractivity contribution < 1.29 is 4.74 Å². The van der Waals surface area contributed by atoms with Gasteiger partial charge in [0.15, 0.2) is 0 Å². The molecule has 0 aliphatic rings. The summed E-state index contributed by atoms with van der Waals surface area (Å²) >= 11 is 3.33. The highest BCUT2D eigenvalue weighted by atomic mass is 79.9. The van der Waals surface area contributed by atoms with Gasteiger partial charge >= 0.3 is 0 Å². The molecule has 1 heterocycles. The second-order valence-electron chi connectivity index (χ2n) is 2.10. The van der Waals surface area contributed by atoms with Crippen molar-refractivity contribution >= 4 is 15.9 Å². The second kappa shape index (κ2) is 4.46. The molecule has 3 heteroatoms. The first-order valence-electron chi connectivity index (χ1n) is 3.25. The maximum atomic E-state index is 4.89. The fourth-order valence-corrected chi connectivity index (χ4v) is 1.10. The van der Waals surface area contributed by atoms with Gasteiger partial charge in [-0.2, -0.15) is 0 Å². The van der Waals surface area contributed by atoms with Gasteiger partial charge in [0, 0.05) is 30.4 Å². The summed E-state index contributed by atoms with van der Waals surface area (Å²) in [6, 6.07) is 1.99. The molecule has 0 atom stereocenters. The van der Waals surface area contributed by atoms with E-state index in [1.165, 1.54) is 0 Å². The Kier molecular flexibility index (Phi) is 3.52. The Morgan fingerprint density at radius 2 is 2.45 bits per heavy atom. The molecule has 59 valence electrons. The molecule has 0 N–H and O–H groups in total. The van der Waals surface area contributed by atoms with E-state index in [1.807, 2.05) is 12.5 Å². The number of pyridine rings is 1. The molecule has 0 saturated heterocycles. The van der Waals surface area contributed by atoms with Gasteiger partial charge in [-0.05, 0) is 27.6 Å². The average Bonchev–Trinajstić information content (AvgIpc) is 2.01. The van der Waals surface area contributed by atoms with E-state index in [0.29, 0.717) is 6.61 Å². The second-order valence-corrected chi connectivity index (χ2v) is 3.01. The molecule has 0 aliphatic carbocycles. The van der Waals surface area contributed by atoms with Gasteiger partial charge in [-0.15, -0.1) is 0 Å².